The monoisotopic (exact) mass is 315 g/mol. The topological polar surface area (TPSA) is 84.2 Å². The van der Waals surface area contributed by atoms with Crippen LogP contribution in [0.25, 0.3) is 0 Å². The van der Waals surface area contributed by atoms with E-state index >= 15 is 0 Å². The van der Waals surface area contributed by atoms with E-state index in [9.17, 15) is 9.59 Å². The van der Waals surface area contributed by atoms with Crippen LogP contribution < -0.4 is 16.4 Å². The second-order valence-corrected chi connectivity index (χ2v) is 7.46. The van der Waals surface area contributed by atoms with Crippen LogP contribution >= 0.6 is 11.8 Å². The zero-order valence-electron chi connectivity index (χ0n) is 13.4. The number of rotatable bonds is 7. The van der Waals surface area contributed by atoms with Crippen molar-refractivity contribution in [1.82, 2.24) is 10.6 Å². The molecule has 1 aliphatic rings. The van der Waals surface area contributed by atoms with Crippen LogP contribution in [0.15, 0.2) is 0 Å². The van der Waals surface area contributed by atoms with Gasteiger partial charge in [-0.15, -0.1) is 0 Å². The van der Waals surface area contributed by atoms with Crippen molar-refractivity contribution in [3.05, 3.63) is 0 Å². The Bertz CT molecular complexity index is 348. The Morgan fingerprint density at radius 3 is 2.57 bits per heavy atom. The minimum atomic E-state index is -0.559. The minimum Gasteiger partial charge on any atom is -0.351 e. The first-order valence-corrected chi connectivity index (χ1v) is 8.94. The van der Waals surface area contributed by atoms with E-state index < -0.39 is 6.04 Å². The highest BCUT2D eigenvalue weighted by molar-refractivity contribution is 7.99. The minimum absolute atomic E-state index is 0.0132. The zero-order chi connectivity index (χ0) is 15.8. The summed E-state index contributed by atoms with van der Waals surface area (Å²) in [7, 11) is 0. The van der Waals surface area contributed by atoms with E-state index in [1.165, 1.54) is 6.42 Å². The molecule has 21 heavy (non-hydrogen) atoms. The zero-order valence-corrected chi connectivity index (χ0v) is 14.2. The summed E-state index contributed by atoms with van der Waals surface area (Å²) in [5, 5.41) is 6.18. The lowest BCUT2D eigenvalue weighted by Gasteiger charge is -2.31. The van der Waals surface area contributed by atoms with Crippen LogP contribution in [0.1, 0.15) is 46.5 Å². The lowest BCUT2D eigenvalue weighted by Crippen LogP contribution is -2.50. The number of nitrogens with one attached hydrogen (secondary N) is 2. The van der Waals surface area contributed by atoms with Gasteiger partial charge in [0.1, 0.15) is 0 Å². The van der Waals surface area contributed by atoms with Crippen LogP contribution in [-0.4, -0.2) is 41.4 Å². The summed E-state index contributed by atoms with van der Waals surface area (Å²) in [5.41, 5.74) is 5.75. The molecular formula is C15H29N3O2S. The lowest BCUT2D eigenvalue weighted by molar-refractivity contribution is -0.127. The molecule has 0 radical (unpaired) electrons. The van der Waals surface area contributed by atoms with Crippen LogP contribution in [0.3, 0.4) is 0 Å². The molecule has 1 rings (SSSR count). The molecule has 0 aromatic rings. The van der Waals surface area contributed by atoms with Gasteiger partial charge in [-0.05, 0) is 24.5 Å². The average molecular weight is 315 g/mol. The smallest absolute Gasteiger partial charge is 0.239 e. The summed E-state index contributed by atoms with van der Waals surface area (Å²) in [6.07, 6.45) is 4.59. The van der Waals surface area contributed by atoms with Gasteiger partial charge in [-0.25, -0.2) is 0 Å². The van der Waals surface area contributed by atoms with Gasteiger partial charge in [0.25, 0.3) is 0 Å². The summed E-state index contributed by atoms with van der Waals surface area (Å²) in [5.74, 6) is 0.754. The molecule has 0 aromatic carbocycles. The third-order valence-corrected chi connectivity index (χ3v) is 5.20. The summed E-state index contributed by atoms with van der Waals surface area (Å²) in [6, 6.07) is -0.331. The Labute approximate surface area is 132 Å². The fourth-order valence-corrected chi connectivity index (χ4v) is 3.72. The molecule has 3 atom stereocenters. The van der Waals surface area contributed by atoms with Crippen LogP contribution in [-0.2, 0) is 9.59 Å². The highest BCUT2D eigenvalue weighted by Gasteiger charge is 2.26. The lowest BCUT2D eigenvalue weighted by atomic mass is 9.95. The first-order chi connectivity index (χ1) is 9.95. The summed E-state index contributed by atoms with van der Waals surface area (Å²) < 4.78 is 0. The standard InChI is InChI=1S/C15H29N3O2S/c1-4-21-12-8-6-5-7-11(12)18-13(19)9-17-15(20)14(16)10(2)3/h10-12,14H,4-9,16H2,1-3H3,(H,17,20)(H,18,19)/t11?,12?,14-/m0/s1. The van der Waals surface area contributed by atoms with E-state index in [0.29, 0.717) is 5.25 Å². The molecule has 0 bridgehead atoms. The second-order valence-electron chi connectivity index (χ2n) is 5.94. The van der Waals surface area contributed by atoms with Crippen molar-refractivity contribution >= 4 is 23.6 Å². The van der Waals surface area contributed by atoms with Gasteiger partial charge in [0, 0.05) is 11.3 Å². The predicted octanol–water partition coefficient (Wildman–Crippen LogP) is 1.27. The summed E-state index contributed by atoms with van der Waals surface area (Å²) in [6.45, 7) is 5.93. The van der Waals surface area contributed by atoms with Crippen LogP contribution in [0.4, 0.5) is 0 Å². The van der Waals surface area contributed by atoms with Gasteiger partial charge in [-0.1, -0.05) is 33.6 Å². The third-order valence-electron chi connectivity index (χ3n) is 3.87. The predicted molar refractivity (Wildman–Crippen MR) is 88.1 cm³/mol. The molecule has 5 nitrogen and oxygen atoms in total. The maximum atomic E-state index is 12.0. The molecule has 1 aliphatic carbocycles. The van der Waals surface area contributed by atoms with E-state index in [4.69, 9.17) is 5.73 Å². The number of carbonyl (C=O) groups is 2. The number of thioether (sulfide) groups is 1. The Morgan fingerprint density at radius 2 is 1.95 bits per heavy atom. The number of hydrogen-bond donors (Lipinski definition) is 3. The Hall–Kier alpha value is -0.750. The quantitative estimate of drug-likeness (QED) is 0.660. The van der Waals surface area contributed by atoms with Crippen LogP contribution in [0.2, 0.25) is 0 Å². The number of amides is 2. The van der Waals surface area contributed by atoms with Crippen molar-refractivity contribution in [2.45, 2.75) is 63.8 Å². The second kappa shape index (κ2) is 9.30. The van der Waals surface area contributed by atoms with E-state index in [-0.39, 0.29) is 30.3 Å². The molecule has 1 fully saturated rings. The van der Waals surface area contributed by atoms with Gasteiger partial charge in [0.15, 0.2) is 0 Å². The van der Waals surface area contributed by atoms with E-state index in [1.807, 2.05) is 25.6 Å². The van der Waals surface area contributed by atoms with Gasteiger partial charge in [-0.2, -0.15) is 11.8 Å². The molecule has 0 spiro atoms. The molecule has 1 saturated carbocycles. The molecule has 0 heterocycles. The van der Waals surface area contributed by atoms with Crippen molar-refractivity contribution in [1.29, 1.82) is 0 Å². The Kier molecular flexibility index (Phi) is 8.11. The molecular weight excluding hydrogens is 286 g/mol. The van der Waals surface area contributed by atoms with Crippen molar-refractivity contribution in [3.63, 3.8) is 0 Å². The third kappa shape index (κ3) is 6.26. The van der Waals surface area contributed by atoms with Crippen molar-refractivity contribution in [2.75, 3.05) is 12.3 Å². The van der Waals surface area contributed by atoms with E-state index in [0.717, 1.165) is 25.0 Å². The maximum absolute atomic E-state index is 12.0. The van der Waals surface area contributed by atoms with Gasteiger partial charge >= 0.3 is 0 Å². The van der Waals surface area contributed by atoms with Gasteiger partial charge in [0.05, 0.1) is 12.6 Å². The highest BCUT2D eigenvalue weighted by atomic mass is 32.2. The van der Waals surface area contributed by atoms with E-state index in [2.05, 4.69) is 17.6 Å². The number of hydrogen-bond acceptors (Lipinski definition) is 4. The normalized spacial score (nSPS) is 23.7. The molecule has 4 N–H and O–H groups in total. The summed E-state index contributed by atoms with van der Waals surface area (Å²) >= 11 is 1.91. The van der Waals surface area contributed by atoms with Gasteiger partial charge in [-0.3, -0.25) is 9.59 Å². The van der Waals surface area contributed by atoms with E-state index in [1.54, 1.807) is 0 Å². The van der Waals surface area contributed by atoms with Crippen molar-refractivity contribution in [3.8, 4) is 0 Å². The number of nitrogens with two attached hydrogens (primary N) is 1. The molecule has 0 aliphatic heterocycles. The Balaban J connectivity index is 2.36. The van der Waals surface area contributed by atoms with Crippen molar-refractivity contribution < 1.29 is 9.59 Å². The number of carbonyl (C=O) groups excluding carboxylic acids is 2. The summed E-state index contributed by atoms with van der Waals surface area (Å²) in [4.78, 5) is 23.7. The highest BCUT2D eigenvalue weighted by Crippen LogP contribution is 2.28. The molecule has 6 heteroatoms. The SMILES string of the molecule is CCSC1CCCCC1NC(=O)CNC(=O)[C@@H](N)C(C)C. The maximum Gasteiger partial charge on any atom is 0.239 e. The largest absolute Gasteiger partial charge is 0.351 e. The molecule has 122 valence electrons. The van der Waals surface area contributed by atoms with Crippen LogP contribution in [0.5, 0.6) is 0 Å². The molecule has 0 aromatic heterocycles. The first kappa shape index (κ1) is 18.3. The van der Waals surface area contributed by atoms with Gasteiger partial charge < -0.3 is 16.4 Å². The fourth-order valence-electron chi connectivity index (χ4n) is 2.52. The molecule has 0 saturated heterocycles. The fraction of sp³-hybridized carbons (Fsp3) is 0.867. The molecule has 2 amide bonds. The first-order valence-electron chi connectivity index (χ1n) is 7.90. The molecule has 2 unspecified atom stereocenters. The van der Waals surface area contributed by atoms with Crippen LogP contribution in [0, 0.1) is 5.92 Å². The Morgan fingerprint density at radius 1 is 1.29 bits per heavy atom. The average Bonchev–Trinajstić information content (AvgIpc) is 2.46. The van der Waals surface area contributed by atoms with Crippen molar-refractivity contribution in [2.24, 2.45) is 11.7 Å². The van der Waals surface area contributed by atoms with Gasteiger partial charge in [0.2, 0.25) is 11.8 Å².